The molecule has 0 radical (unpaired) electrons. The lowest BCUT2D eigenvalue weighted by atomic mass is 9.95. The number of carbonyl (C=O) groups is 3. The van der Waals surface area contributed by atoms with Crippen molar-refractivity contribution >= 4 is 34.7 Å². The van der Waals surface area contributed by atoms with Gasteiger partial charge in [-0.25, -0.2) is 4.39 Å². The topological polar surface area (TPSA) is 98.7 Å². The highest BCUT2D eigenvalue weighted by molar-refractivity contribution is 7.15. The molecule has 0 saturated carbocycles. The van der Waals surface area contributed by atoms with E-state index in [0.29, 0.717) is 31.6 Å². The molecule has 0 aliphatic carbocycles. The first-order chi connectivity index (χ1) is 16.4. The number of amides is 3. The Bertz CT molecular complexity index is 1010. The first-order valence-electron chi connectivity index (χ1n) is 11.7. The largest absolute Gasteiger partial charge is 0.340 e. The van der Waals surface area contributed by atoms with Crippen LogP contribution in [0.25, 0.3) is 0 Å². The lowest BCUT2D eigenvalue weighted by Gasteiger charge is -2.38. The third-order valence-electron chi connectivity index (χ3n) is 6.26. The fraction of sp³-hybridized carbons (Fsp3) is 0.522. The fourth-order valence-corrected chi connectivity index (χ4v) is 5.06. The summed E-state index contributed by atoms with van der Waals surface area (Å²) in [5.74, 6) is -1.06. The van der Waals surface area contributed by atoms with E-state index in [0.717, 1.165) is 50.5 Å². The van der Waals surface area contributed by atoms with Crippen LogP contribution in [0, 0.1) is 11.7 Å². The molecule has 2 aromatic rings. The van der Waals surface area contributed by atoms with Gasteiger partial charge in [0, 0.05) is 50.9 Å². The Kier molecular flexibility index (Phi) is 7.84. The van der Waals surface area contributed by atoms with Crippen LogP contribution in [0.2, 0.25) is 0 Å². The van der Waals surface area contributed by atoms with Crippen molar-refractivity contribution in [2.75, 3.05) is 51.1 Å². The lowest BCUT2D eigenvalue weighted by molar-refractivity contribution is -0.138. The third-order valence-corrected chi connectivity index (χ3v) is 7.17. The number of nitrogens with one attached hydrogen (secondary N) is 1. The van der Waals surface area contributed by atoms with Crippen LogP contribution in [0.3, 0.4) is 0 Å². The standard InChI is InChI=1S/C23H29FN6O3S/c1-2-9-28-12-14-30(15-13-28)22(32)16-7-10-29(11-8-16)23(33)21-27-26-20(34-21)19(31)25-18-5-3-17(24)4-6-18/h3-6,16H,2,7-15H2,1H3,(H,25,31). The smallest absolute Gasteiger partial charge is 0.286 e. The molecule has 1 aromatic heterocycles. The molecule has 3 amide bonds. The molecular weight excluding hydrogens is 459 g/mol. The summed E-state index contributed by atoms with van der Waals surface area (Å²) in [4.78, 5) is 44.2. The molecule has 3 heterocycles. The van der Waals surface area contributed by atoms with Gasteiger partial charge in [-0.15, -0.1) is 10.2 Å². The summed E-state index contributed by atoms with van der Waals surface area (Å²) in [5, 5.41) is 10.5. The number of halogens is 1. The molecule has 9 nitrogen and oxygen atoms in total. The van der Waals surface area contributed by atoms with Gasteiger partial charge in [0.25, 0.3) is 11.8 Å². The second-order valence-corrected chi connectivity index (χ2v) is 9.58. The van der Waals surface area contributed by atoms with Gasteiger partial charge in [-0.3, -0.25) is 19.3 Å². The number of carbonyl (C=O) groups excluding carboxylic acids is 3. The third kappa shape index (κ3) is 5.76. The molecule has 2 aliphatic heterocycles. The molecule has 0 spiro atoms. The molecule has 11 heteroatoms. The van der Waals surface area contributed by atoms with E-state index in [4.69, 9.17) is 0 Å². The molecule has 1 aromatic carbocycles. The molecule has 2 saturated heterocycles. The van der Waals surface area contributed by atoms with E-state index < -0.39 is 11.7 Å². The van der Waals surface area contributed by atoms with Crippen molar-refractivity contribution in [2.45, 2.75) is 26.2 Å². The molecule has 0 unspecified atom stereocenters. The van der Waals surface area contributed by atoms with E-state index >= 15 is 0 Å². The molecule has 0 atom stereocenters. The number of piperidine rings is 1. The van der Waals surface area contributed by atoms with Gasteiger partial charge in [-0.1, -0.05) is 18.3 Å². The molecule has 0 bridgehead atoms. The summed E-state index contributed by atoms with van der Waals surface area (Å²) < 4.78 is 13.0. The van der Waals surface area contributed by atoms with Crippen LogP contribution >= 0.6 is 11.3 Å². The Morgan fingerprint density at radius 3 is 2.26 bits per heavy atom. The maximum atomic E-state index is 13.0. The molecule has 1 N–H and O–H groups in total. The van der Waals surface area contributed by atoms with Gasteiger partial charge in [0.15, 0.2) is 0 Å². The number of benzene rings is 1. The normalized spacial score (nSPS) is 17.6. The summed E-state index contributed by atoms with van der Waals surface area (Å²) in [6.45, 7) is 7.57. The predicted octanol–water partition coefficient (Wildman–Crippen LogP) is 2.34. The lowest BCUT2D eigenvalue weighted by Crippen LogP contribution is -2.52. The number of rotatable bonds is 6. The monoisotopic (exact) mass is 488 g/mol. The number of likely N-dealkylation sites (tertiary alicyclic amines) is 1. The number of hydrogen-bond donors (Lipinski definition) is 1. The zero-order chi connectivity index (χ0) is 24.1. The first kappa shape index (κ1) is 24.2. The second-order valence-electron chi connectivity index (χ2n) is 8.61. The first-order valence-corrected chi connectivity index (χ1v) is 12.5. The number of anilines is 1. The van der Waals surface area contributed by atoms with Gasteiger partial charge in [0.2, 0.25) is 15.9 Å². The summed E-state index contributed by atoms with van der Waals surface area (Å²) in [6, 6.07) is 5.37. The van der Waals surface area contributed by atoms with Crippen LogP contribution in [0.1, 0.15) is 45.8 Å². The van der Waals surface area contributed by atoms with Crippen molar-refractivity contribution in [3.05, 3.63) is 40.1 Å². The number of aromatic nitrogens is 2. The Hall–Kier alpha value is -2.92. The van der Waals surface area contributed by atoms with Crippen molar-refractivity contribution in [3.63, 3.8) is 0 Å². The minimum atomic E-state index is -0.508. The Balaban J connectivity index is 1.27. The van der Waals surface area contributed by atoms with E-state index in [1.165, 1.54) is 24.3 Å². The second kappa shape index (κ2) is 11.0. The fourth-order valence-electron chi connectivity index (χ4n) is 4.35. The quantitative estimate of drug-likeness (QED) is 0.670. The predicted molar refractivity (Wildman–Crippen MR) is 126 cm³/mol. The summed E-state index contributed by atoms with van der Waals surface area (Å²) in [5.41, 5.74) is 0.424. The van der Waals surface area contributed by atoms with E-state index in [-0.39, 0.29) is 27.7 Å². The zero-order valence-electron chi connectivity index (χ0n) is 19.2. The van der Waals surface area contributed by atoms with Gasteiger partial charge >= 0.3 is 0 Å². The summed E-state index contributed by atoms with van der Waals surface area (Å²) >= 11 is 0.920. The maximum Gasteiger partial charge on any atom is 0.286 e. The van der Waals surface area contributed by atoms with Crippen molar-refractivity contribution in [1.82, 2.24) is 24.9 Å². The zero-order valence-corrected chi connectivity index (χ0v) is 20.0. The average molecular weight is 489 g/mol. The van der Waals surface area contributed by atoms with Crippen LogP contribution in [0.5, 0.6) is 0 Å². The minimum Gasteiger partial charge on any atom is -0.340 e. The summed E-state index contributed by atoms with van der Waals surface area (Å²) in [6.07, 6.45) is 2.36. The van der Waals surface area contributed by atoms with E-state index in [1.54, 1.807) is 4.90 Å². The van der Waals surface area contributed by atoms with Crippen molar-refractivity contribution < 1.29 is 18.8 Å². The Morgan fingerprint density at radius 1 is 0.971 bits per heavy atom. The van der Waals surface area contributed by atoms with E-state index in [9.17, 15) is 18.8 Å². The van der Waals surface area contributed by atoms with Crippen LogP contribution in [-0.4, -0.2) is 88.4 Å². The molecule has 4 rings (SSSR count). The number of hydrogen-bond acceptors (Lipinski definition) is 7. The minimum absolute atomic E-state index is 0.0555. The number of nitrogens with zero attached hydrogens (tertiary/aromatic N) is 5. The van der Waals surface area contributed by atoms with Crippen LogP contribution in [-0.2, 0) is 4.79 Å². The van der Waals surface area contributed by atoms with E-state index in [2.05, 4.69) is 27.3 Å². The molecule has 2 aliphatic rings. The molecule has 2 fully saturated rings. The van der Waals surface area contributed by atoms with E-state index in [1.807, 2.05) is 4.90 Å². The molecule has 34 heavy (non-hydrogen) atoms. The Morgan fingerprint density at radius 2 is 1.62 bits per heavy atom. The highest BCUT2D eigenvalue weighted by Crippen LogP contribution is 2.23. The number of piperazine rings is 1. The SMILES string of the molecule is CCCN1CCN(C(=O)C2CCN(C(=O)c3nnc(C(=O)Nc4ccc(F)cc4)s3)CC2)CC1. The van der Waals surface area contributed by atoms with Gasteiger partial charge in [-0.2, -0.15) is 0 Å². The highest BCUT2D eigenvalue weighted by Gasteiger charge is 2.33. The highest BCUT2D eigenvalue weighted by atomic mass is 32.1. The van der Waals surface area contributed by atoms with Crippen molar-refractivity contribution in [2.24, 2.45) is 5.92 Å². The van der Waals surface area contributed by atoms with Gasteiger partial charge < -0.3 is 15.1 Å². The van der Waals surface area contributed by atoms with Crippen LogP contribution in [0.15, 0.2) is 24.3 Å². The average Bonchev–Trinajstić information content (AvgIpc) is 3.36. The van der Waals surface area contributed by atoms with Crippen LogP contribution < -0.4 is 5.32 Å². The van der Waals surface area contributed by atoms with Gasteiger partial charge in [-0.05, 0) is 50.1 Å². The van der Waals surface area contributed by atoms with Crippen LogP contribution in [0.4, 0.5) is 10.1 Å². The van der Waals surface area contributed by atoms with Gasteiger partial charge in [0.05, 0.1) is 0 Å². The van der Waals surface area contributed by atoms with Crippen molar-refractivity contribution in [1.29, 1.82) is 0 Å². The van der Waals surface area contributed by atoms with Crippen molar-refractivity contribution in [3.8, 4) is 0 Å². The molecule has 182 valence electrons. The molecular formula is C23H29FN6O3S. The summed E-state index contributed by atoms with van der Waals surface area (Å²) in [7, 11) is 0. The van der Waals surface area contributed by atoms with Gasteiger partial charge in [0.1, 0.15) is 5.82 Å². The Labute approximate surface area is 201 Å². The maximum absolute atomic E-state index is 13.0.